The van der Waals surface area contributed by atoms with Gasteiger partial charge in [-0.2, -0.15) is 0 Å². The first-order chi connectivity index (χ1) is 14.0. The second kappa shape index (κ2) is 8.41. The van der Waals surface area contributed by atoms with Crippen LogP contribution in [0.1, 0.15) is 38.2 Å². The maximum Gasteiger partial charge on any atom is 0.238 e. The Hall–Kier alpha value is -2.60. The van der Waals surface area contributed by atoms with Crippen molar-refractivity contribution >= 4 is 17.5 Å². The normalized spacial score (nSPS) is 25.3. The Morgan fingerprint density at radius 2 is 1.97 bits per heavy atom. The van der Waals surface area contributed by atoms with Crippen molar-refractivity contribution in [1.29, 1.82) is 0 Å². The molecule has 2 aliphatic heterocycles. The second-order valence-electron chi connectivity index (χ2n) is 8.45. The van der Waals surface area contributed by atoms with Crippen LogP contribution in [0.25, 0.3) is 0 Å². The van der Waals surface area contributed by atoms with E-state index in [1.54, 1.807) is 6.92 Å². The number of fused-ring (bicyclic) bond motifs is 2. The van der Waals surface area contributed by atoms with Gasteiger partial charge in [0.15, 0.2) is 0 Å². The fourth-order valence-corrected chi connectivity index (χ4v) is 4.87. The van der Waals surface area contributed by atoms with Crippen LogP contribution in [0.5, 0.6) is 0 Å². The highest BCUT2D eigenvalue weighted by Crippen LogP contribution is 2.34. The first-order valence-electron chi connectivity index (χ1n) is 10.5. The molecule has 2 bridgehead atoms. The molecule has 0 spiro atoms. The van der Waals surface area contributed by atoms with E-state index in [2.05, 4.69) is 52.8 Å². The summed E-state index contributed by atoms with van der Waals surface area (Å²) in [6.07, 6.45) is 11.0. The number of hydrogen-bond donors (Lipinski definition) is 2. The molecule has 2 heterocycles. The van der Waals surface area contributed by atoms with Crippen molar-refractivity contribution in [3.05, 3.63) is 53.6 Å². The second-order valence-corrected chi connectivity index (χ2v) is 8.45. The third kappa shape index (κ3) is 4.37. The summed E-state index contributed by atoms with van der Waals surface area (Å²) in [5, 5.41) is 0. The van der Waals surface area contributed by atoms with Crippen LogP contribution in [0.2, 0.25) is 0 Å². The smallest absolute Gasteiger partial charge is 0.238 e. The summed E-state index contributed by atoms with van der Waals surface area (Å²) in [6.45, 7) is 3.49. The molecule has 1 aliphatic carbocycles. The van der Waals surface area contributed by atoms with Gasteiger partial charge in [-0.25, -0.2) is 5.84 Å². The van der Waals surface area contributed by atoms with Gasteiger partial charge in [0.1, 0.15) is 0 Å². The lowest BCUT2D eigenvalue weighted by Crippen LogP contribution is -2.48. The lowest BCUT2D eigenvalue weighted by Gasteiger charge is -2.35. The van der Waals surface area contributed by atoms with Crippen molar-refractivity contribution < 1.29 is 9.59 Å². The van der Waals surface area contributed by atoms with Crippen molar-refractivity contribution in [3.63, 3.8) is 0 Å². The molecule has 2 saturated heterocycles. The average molecular weight is 395 g/mol. The number of nitrogens with one attached hydrogen (secondary N) is 1. The van der Waals surface area contributed by atoms with Gasteiger partial charge in [0.05, 0.1) is 12.5 Å². The summed E-state index contributed by atoms with van der Waals surface area (Å²) in [5.41, 5.74) is 5.84. The quantitative estimate of drug-likeness (QED) is 0.441. The summed E-state index contributed by atoms with van der Waals surface area (Å²) >= 11 is 0. The number of benzene rings is 1. The molecule has 6 heteroatoms. The monoisotopic (exact) mass is 394 g/mol. The van der Waals surface area contributed by atoms with Crippen LogP contribution >= 0.6 is 0 Å². The maximum absolute atomic E-state index is 11.7. The minimum Gasteiger partial charge on any atom is -0.365 e. The molecule has 3 atom stereocenters. The van der Waals surface area contributed by atoms with E-state index in [1.165, 1.54) is 11.3 Å². The third-order valence-electron chi connectivity index (χ3n) is 6.51. The van der Waals surface area contributed by atoms with Crippen molar-refractivity contribution in [2.24, 2.45) is 11.8 Å². The minimum absolute atomic E-state index is 0.153. The number of nitrogens with two attached hydrogens (primary N) is 1. The molecule has 4 rings (SSSR count). The molecule has 3 aliphatic rings. The topological polar surface area (TPSA) is 78.7 Å². The number of aryl methyl sites for hydroxylation is 1. The largest absolute Gasteiger partial charge is 0.365 e. The van der Waals surface area contributed by atoms with Crippen molar-refractivity contribution in [3.8, 4) is 0 Å². The summed E-state index contributed by atoms with van der Waals surface area (Å²) in [4.78, 5) is 27.5. The molecule has 0 radical (unpaired) electrons. The highest BCUT2D eigenvalue weighted by molar-refractivity contribution is 5.78. The molecule has 0 saturated carbocycles. The molecule has 1 aromatic rings. The van der Waals surface area contributed by atoms with Crippen molar-refractivity contribution in [2.75, 3.05) is 18.0 Å². The van der Waals surface area contributed by atoms with E-state index in [0.29, 0.717) is 24.4 Å². The van der Waals surface area contributed by atoms with E-state index in [-0.39, 0.29) is 11.8 Å². The molecule has 2 amide bonds. The first kappa shape index (κ1) is 19.7. The molecule has 6 nitrogen and oxygen atoms in total. The first-order valence-corrected chi connectivity index (χ1v) is 10.5. The van der Waals surface area contributed by atoms with E-state index in [9.17, 15) is 9.59 Å². The van der Waals surface area contributed by atoms with E-state index >= 15 is 0 Å². The SMILES string of the molecule is CC(=O)N1CC2CC1CN2c1ccc(CCC2C=CC(CC(=O)NN)=CC2)cc1. The lowest BCUT2D eigenvalue weighted by molar-refractivity contribution is -0.129. The zero-order valence-electron chi connectivity index (χ0n) is 17.0. The van der Waals surface area contributed by atoms with E-state index < -0.39 is 0 Å². The molecule has 0 aromatic heterocycles. The van der Waals surface area contributed by atoms with Gasteiger partial charge in [-0.05, 0) is 54.9 Å². The highest BCUT2D eigenvalue weighted by Gasteiger charge is 2.44. The Labute approximate surface area is 172 Å². The summed E-state index contributed by atoms with van der Waals surface area (Å²) in [7, 11) is 0. The van der Waals surface area contributed by atoms with Crippen molar-refractivity contribution in [2.45, 2.75) is 51.1 Å². The highest BCUT2D eigenvalue weighted by atomic mass is 16.2. The van der Waals surface area contributed by atoms with Gasteiger partial charge in [-0.15, -0.1) is 0 Å². The number of amides is 2. The van der Waals surface area contributed by atoms with Crippen LogP contribution in [0.15, 0.2) is 48.1 Å². The van der Waals surface area contributed by atoms with Gasteiger partial charge in [0.2, 0.25) is 11.8 Å². The summed E-state index contributed by atoms with van der Waals surface area (Å²) in [6, 6.07) is 9.78. The Kier molecular flexibility index (Phi) is 5.72. The maximum atomic E-state index is 11.7. The number of nitrogens with zero attached hydrogens (tertiary/aromatic N) is 2. The summed E-state index contributed by atoms with van der Waals surface area (Å²) in [5.74, 6) is 5.71. The average Bonchev–Trinajstić information content (AvgIpc) is 3.35. The number of allylic oxidation sites excluding steroid dienone is 3. The molecule has 29 heavy (non-hydrogen) atoms. The molecular weight excluding hydrogens is 364 g/mol. The number of hydrogen-bond acceptors (Lipinski definition) is 4. The predicted octanol–water partition coefficient (Wildman–Crippen LogP) is 2.31. The zero-order chi connectivity index (χ0) is 20.4. The third-order valence-corrected chi connectivity index (χ3v) is 6.51. The summed E-state index contributed by atoms with van der Waals surface area (Å²) < 4.78 is 0. The fraction of sp³-hybridized carbons (Fsp3) is 0.478. The minimum atomic E-state index is -0.153. The number of hydrazine groups is 1. The van der Waals surface area contributed by atoms with Crippen LogP contribution in [0.4, 0.5) is 5.69 Å². The zero-order valence-corrected chi connectivity index (χ0v) is 17.0. The van der Waals surface area contributed by atoms with Gasteiger partial charge in [0.25, 0.3) is 0 Å². The van der Waals surface area contributed by atoms with Crippen LogP contribution in [0.3, 0.4) is 0 Å². The molecule has 154 valence electrons. The van der Waals surface area contributed by atoms with Gasteiger partial charge in [-0.3, -0.25) is 15.0 Å². The fourth-order valence-electron chi connectivity index (χ4n) is 4.87. The van der Waals surface area contributed by atoms with Crippen LogP contribution < -0.4 is 16.2 Å². The van der Waals surface area contributed by atoms with Crippen LogP contribution in [-0.4, -0.2) is 41.9 Å². The number of piperazine rings is 1. The van der Waals surface area contributed by atoms with Crippen LogP contribution in [-0.2, 0) is 16.0 Å². The molecule has 2 fully saturated rings. The van der Waals surface area contributed by atoms with Crippen molar-refractivity contribution in [1.82, 2.24) is 10.3 Å². The number of rotatable bonds is 6. The van der Waals surface area contributed by atoms with Gasteiger partial charge in [0, 0.05) is 31.7 Å². The Bertz CT molecular complexity index is 830. The standard InChI is InChI=1S/C23H30N4O2/c1-16(28)26-14-22-13-21(26)15-27(22)20-10-8-18(9-11-20)3-2-17-4-6-19(7-5-17)12-23(29)25-24/h4,6-11,17,21-22H,2-3,5,12-15,24H2,1H3,(H,25,29). The Balaban J connectivity index is 1.26. The molecular formula is C23H30N4O2. The number of carbonyl (C=O) groups is 2. The number of likely N-dealkylation sites (tertiary alicyclic amines) is 1. The number of anilines is 1. The number of carbonyl (C=O) groups excluding carboxylic acids is 2. The Morgan fingerprint density at radius 1 is 1.17 bits per heavy atom. The lowest BCUT2D eigenvalue weighted by atomic mass is 9.90. The van der Waals surface area contributed by atoms with E-state index in [0.717, 1.165) is 44.3 Å². The van der Waals surface area contributed by atoms with Gasteiger partial charge < -0.3 is 9.80 Å². The van der Waals surface area contributed by atoms with Crippen LogP contribution in [0, 0.1) is 5.92 Å². The van der Waals surface area contributed by atoms with Gasteiger partial charge >= 0.3 is 0 Å². The van der Waals surface area contributed by atoms with Gasteiger partial charge in [-0.1, -0.05) is 30.4 Å². The molecule has 1 aromatic carbocycles. The molecule has 3 unspecified atom stereocenters. The molecule has 3 N–H and O–H groups in total. The predicted molar refractivity (Wildman–Crippen MR) is 114 cm³/mol. The van der Waals surface area contributed by atoms with E-state index in [1.807, 2.05) is 4.90 Å². The van der Waals surface area contributed by atoms with E-state index in [4.69, 9.17) is 5.84 Å². The Morgan fingerprint density at radius 3 is 2.55 bits per heavy atom.